The van der Waals surface area contributed by atoms with Gasteiger partial charge in [-0.3, -0.25) is 9.52 Å². The quantitative estimate of drug-likeness (QED) is 0.657. The third-order valence-electron chi connectivity index (χ3n) is 3.39. The molecule has 0 saturated heterocycles. The minimum Gasteiger partial charge on any atom is -0.480 e. The van der Waals surface area contributed by atoms with E-state index in [9.17, 15) is 23.1 Å². The van der Waals surface area contributed by atoms with Gasteiger partial charge in [-0.2, -0.15) is 0 Å². The molecule has 0 radical (unpaired) electrons. The second kappa shape index (κ2) is 7.96. The highest BCUT2D eigenvalue weighted by Crippen LogP contribution is 2.13. The number of hydrogen-bond acceptors (Lipinski definition) is 4. The lowest BCUT2D eigenvalue weighted by atomic mass is 9.99. The van der Waals surface area contributed by atoms with Crippen LogP contribution in [0.1, 0.15) is 25.8 Å². The average Bonchev–Trinajstić information content (AvgIpc) is 2.42. The van der Waals surface area contributed by atoms with Gasteiger partial charge in [0.2, 0.25) is 15.9 Å². The van der Waals surface area contributed by atoms with Crippen LogP contribution in [-0.2, 0) is 26.0 Å². The normalized spacial score (nSPS) is 13.9. The van der Waals surface area contributed by atoms with E-state index in [1.807, 2.05) is 6.92 Å². The van der Waals surface area contributed by atoms with E-state index in [1.165, 1.54) is 0 Å². The summed E-state index contributed by atoms with van der Waals surface area (Å²) in [4.78, 5) is 23.2. The summed E-state index contributed by atoms with van der Waals surface area (Å²) < 4.78 is 24.7. The van der Waals surface area contributed by atoms with Crippen LogP contribution in [0.4, 0.5) is 5.69 Å². The highest BCUT2D eigenvalue weighted by molar-refractivity contribution is 7.92. The summed E-state index contributed by atoms with van der Waals surface area (Å²) in [6.07, 6.45) is 1.64. The monoisotopic (exact) mass is 342 g/mol. The Hall–Kier alpha value is -2.09. The Kier molecular flexibility index (Phi) is 6.56. The van der Waals surface area contributed by atoms with Crippen molar-refractivity contribution in [2.24, 2.45) is 5.92 Å². The van der Waals surface area contributed by atoms with E-state index in [2.05, 4.69) is 10.0 Å². The van der Waals surface area contributed by atoms with Crippen LogP contribution in [0.15, 0.2) is 24.3 Å². The highest BCUT2D eigenvalue weighted by atomic mass is 32.2. The topological polar surface area (TPSA) is 113 Å². The highest BCUT2D eigenvalue weighted by Gasteiger charge is 2.25. The van der Waals surface area contributed by atoms with Gasteiger partial charge in [0.1, 0.15) is 6.04 Å². The summed E-state index contributed by atoms with van der Waals surface area (Å²) in [5.74, 6) is -1.68. The van der Waals surface area contributed by atoms with Crippen molar-refractivity contribution in [1.82, 2.24) is 5.32 Å². The zero-order valence-electron chi connectivity index (χ0n) is 13.4. The maximum atomic E-state index is 12.0. The van der Waals surface area contributed by atoms with E-state index < -0.39 is 27.9 Å². The molecule has 8 heteroatoms. The fourth-order valence-corrected chi connectivity index (χ4v) is 2.61. The van der Waals surface area contributed by atoms with Gasteiger partial charge < -0.3 is 10.4 Å². The number of amides is 1. The van der Waals surface area contributed by atoms with Crippen LogP contribution in [0.5, 0.6) is 0 Å². The molecule has 0 heterocycles. The predicted octanol–water partition coefficient (Wildman–Crippen LogP) is 1.22. The number of sulfonamides is 1. The number of rotatable bonds is 8. The first kappa shape index (κ1) is 19.0. The second-order valence-electron chi connectivity index (χ2n) is 5.52. The average molecular weight is 342 g/mol. The Morgan fingerprint density at radius 3 is 2.48 bits per heavy atom. The molecule has 128 valence electrons. The summed E-state index contributed by atoms with van der Waals surface area (Å²) in [6.45, 7) is 3.61. The van der Waals surface area contributed by atoms with Crippen molar-refractivity contribution in [1.29, 1.82) is 0 Å². The third-order valence-corrected chi connectivity index (χ3v) is 4.00. The molecule has 1 amide bonds. The van der Waals surface area contributed by atoms with Crippen molar-refractivity contribution in [2.45, 2.75) is 32.7 Å². The van der Waals surface area contributed by atoms with E-state index in [-0.39, 0.29) is 12.3 Å². The molecule has 0 saturated carbocycles. The fraction of sp³-hybridized carbons (Fsp3) is 0.467. The van der Waals surface area contributed by atoms with Crippen molar-refractivity contribution in [2.75, 3.05) is 11.0 Å². The van der Waals surface area contributed by atoms with Gasteiger partial charge in [0, 0.05) is 5.69 Å². The van der Waals surface area contributed by atoms with Gasteiger partial charge in [-0.05, 0) is 23.6 Å². The number of aliphatic carboxylic acids is 1. The molecular formula is C15H22N2O5S. The maximum Gasteiger partial charge on any atom is 0.326 e. The largest absolute Gasteiger partial charge is 0.480 e. The molecule has 3 N–H and O–H groups in total. The molecule has 2 atom stereocenters. The van der Waals surface area contributed by atoms with Crippen molar-refractivity contribution in [3.8, 4) is 0 Å². The SMILES string of the molecule is CC[C@H](C)[C@H](NC(=O)Cc1cccc(NS(C)(=O)=O)c1)C(=O)O. The minimum absolute atomic E-state index is 0.0283. The molecule has 0 aliphatic heterocycles. The van der Waals surface area contributed by atoms with Crippen LogP contribution >= 0.6 is 0 Å². The number of nitrogens with one attached hydrogen (secondary N) is 2. The molecule has 1 aromatic rings. The maximum absolute atomic E-state index is 12.0. The lowest BCUT2D eigenvalue weighted by molar-refractivity contribution is -0.143. The lowest BCUT2D eigenvalue weighted by Gasteiger charge is -2.20. The first-order chi connectivity index (χ1) is 10.6. The molecule has 23 heavy (non-hydrogen) atoms. The van der Waals surface area contributed by atoms with Gasteiger partial charge in [0.15, 0.2) is 0 Å². The van der Waals surface area contributed by atoms with Crippen LogP contribution in [0.2, 0.25) is 0 Å². The smallest absolute Gasteiger partial charge is 0.326 e. The van der Waals surface area contributed by atoms with Crippen molar-refractivity contribution in [3.05, 3.63) is 29.8 Å². The second-order valence-corrected chi connectivity index (χ2v) is 7.27. The molecule has 1 rings (SSSR count). The zero-order chi connectivity index (χ0) is 17.6. The number of carboxylic acid groups (broad SMARTS) is 1. The van der Waals surface area contributed by atoms with E-state index in [4.69, 9.17) is 0 Å². The molecule has 0 aromatic heterocycles. The lowest BCUT2D eigenvalue weighted by Crippen LogP contribution is -2.45. The zero-order valence-corrected chi connectivity index (χ0v) is 14.2. The van der Waals surface area contributed by atoms with E-state index in [0.29, 0.717) is 17.7 Å². The molecule has 0 unspecified atom stereocenters. The van der Waals surface area contributed by atoms with E-state index in [1.54, 1.807) is 31.2 Å². The number of carbonyl (C=O) groups excluding carboxylic acids is 1. The Balaban J connectivity index is 2.77. The molecule has 7 nitrogen and oxygen atoms in total. The molecule has 0 aliphatic carbocycles. The Morgan fingerprint density at radius 1 is 1.30 bits per heavy atom. The number of carboxylic acids is 1. The summed E-state index contributed by atoms with van der Waals surface area (Å²) in [7, 11) is -3.40. The van der Waals surface area contributed by atoms with Crippen LogP contribution in [0.3, 0.4) is 0 Å². The van der Waals surface area contributed by atoms with Gasteiger partial charge in [-0.1, -0.05) is 32.4 Å². The number of benzene rings is 1. The third kappa shape index (κ3) is 6.68. The summed E-state index contributed by atoms with van der Waals surface area (Å²) in [6, 6.07) is 5.47. The van der Waals surface area contributed by atoms with Crippen LogP contribution < -0.4 is 10.0 Å². The molecule has 0 fully saturated rings. The number of anilines is 1. The molecule has 0 aliphatic rings. The minimum atomic E-state index is -3.40. The van der Waals surface area contributed by atoms with Gasteiger partial charge in [-0.15, -0.1) is 0 Å². The van der Waals surface area contributed by atoms with Crippen LogP contribution in [0, 0.1) is 5.92 Å². The molecule has 1 aromatic carbocycles. The van der Waals surface area contributed by atoms with Gasteiger partial charge in [0.25, 0.3) is 0 Å². The summed E-state index contributed by atoms with van der Waals surface area (Å²) >= 11 is 0. The van der Waals surface area contributed by atoms with Gasteiger partial charge >= 0.3 is 5.97 Å². The van der Waals surface area contributed by atoms with Gasteiger partial charge in [0.05, 0.1) is 12.7 Å². The first-order valence-corrected chi connectivity index (χ1v) is 9.10. The standard InChI is InChI=1S/C15H22N2O5S/c1-4-10(2)14(15(19)20)16-13(18)9-11-6-5-7-12(8-11)17-23(3,21)22/h5-8,10,14,17H,4,9H2,1-3H3,(H,16,18)(H,19,20)/t10-,14-/m0/s1. The Morgan fingerprint density at radius 2 is 1.96 bits per heavy atom. The summed E-state index contributed by atoms with van der Waals surface area (Å²) in [5.41, 5.74) is 0.943. The van der Waals surface area contributed by atoms with Crippen LogP contribution in [0.25, 0.3) is 0 Å². The Bertz CT molecular complexity index is 672. The van der Waals surface area contributed by atoms with Gasteiger partial charge in [-0.25, -0.2) is 13.2 Å². The molecule has 0 spiro atoms. The van der Waals surface area contributed by atoms with Crippen LogP contribution in [-0.4, -0.2) is 37.7 Å². The fourth-order valence-electron chi connectivity index (χ4n) is 2.05. The van der Waals surface area contributed by atoms with Crippen molar-refractivity contribution < 1.29 is 23.1 Å². The van der Waals surface area contributed by atoms with E-state index >= 15 is 0 Å². The Labute approximate surface area is 136 Å². The van der Waals surface area contributed by atoms with Crippen molar-refractivity contribution in [3.63, 3.8) is 0 Å². The summed E-state index contributed by atoms with van der Waals surface area (Å²) in [5, 5.41) is 11.7. The number of hydrogen-bond donors (Lipinski definition) is 3. The first-order valence-electron chi connectivity index (χ1n) is 7.21. The molecular weight excluding hydrogens is 320 g/mol. The number of carbonyl (C=O) groups is 2. The molecule has 0 bridgehead atoms. The predicted molar refractivity (Wildman–Crippen MR) is 87.6 cm³/mol. The van der Waals surface area contributed by atoms with Crippen molar-refractivity contribution >= 4 is 27.6 Å². The van der Waals surface area contributed by atoms with E-state index in [0.717, 1.165) is 6.26 Å².